The van der Waals surface area contributed by atoms with Gasteiger partial charge in [-0.05, 0) is 0 Å². The van der Waals surface area contributed by atoms with Crippen LogP contribution in [0.15, 0.2) is 0 Å². The Morgan fingerprint density at radius 3 is 0.750 bits per heavy atom. The summed E-state index contributed by atoms with van der Waals surface area (Å²) >= 11 is 0. The van der Waals surface area contributed by atoms with E-state index in [-0.39, 0.29) is 56.7 Å². The second-order valence-electron chi connectivity index (χ2n) is 0. The summed E-state index contributed by atoms with van der Waals surface area (Å²) in [5.41, 5.74) is 0. The molecule has 0 rings (SSSR count). The zero-order valence-electron chi connectivity index (χ0n) is 1.00. The summed E-state index contributed by atoms with van der Waals surface area (Å²) in [6, 6.07) is 0. The Hall–Kier alpha value is 1.50. The molecule has 0 aromatic heterocycles. The summed E-state index contributed by atoms with van der Waals surface area (Å²) in [5.74, 6) is 0. The topological polar surface area (TPSA) is 31.5 Å². The van der Waals surface area contributed by atoms with Gasteiger partial charge in [-0.15, -0.1) is 0 Å². The van der Waals surface area contributed by atoms with Crippen LogP contribution in [-0.2, 0) is 0 Å². The first-order valence-corrected chi connectivity index (χ1v) is 0. The molecule has 0 unspecified atom stereocenters. The van der Waals surface area contributed by atoms with Crippen LogP contribution in [0.1, 0.15) is 0 Å². The summed E-state index contributed by atoms with van der Waals surface area (Å²) in [7, 11) is 0. The molecule has 0 aliphatic heterocycles. The van der Waals surface area contributed by atoms with Crippen LogP contribution >= 0.6 is 13.5 Å². The second-order valence-corrected chi connectivity index (χ2v) is 0. The Kier molecular flexibility index (Phi) is 301. The van der Waals surface area contributed by atoms with Crippen LogP contribution in [0.5, 0.6) is 0 Å². The molecule has 1 nitrogen and oxygen atoms in total. The van der Waals surface area contributed by atoms with Gasteiger partial charge in [0.05, 0.1) is 0 Å². The first-order valence-electron chi connectivity index (χ1n) is 0. The molecule has 4 heteroatoms. The van der Waals surface area contributed by atoms with E-state index in [4.69, 9.17) is 0 Å². The van der Waals surface area contributed by atoms with Crippen molar-refractivity contribution in [1.29, 1.82) is 0 Å². The third-order valence-corrected chi connectivity index (χ3v) is 0. The molecule has 20 valence electrons. The Labute approximate surface area is 56.6 Å². The zero-order valence-corrected chi connectivity index (χ0v) is 2.00. The first kappa shape index (κ1) is 49.3. The van der Waals surface area contributed by atoms with Gasteiger partial charge in [-0.3, -0.25) is 0 Å². The van der Waals surface area contributed by atoms with E-state index in [9.17, 15) is 0 Å². The number of hydrogen-bond donors (Lipinski definition) is 0. The van der Waals surface area contributed by atoms with Gasteiger partial charge in [0.25, 0.3) is 0 Å². The third kappa shape index (κ3) is 9.71. The van der Waals surface area contributed by atoms with Crippen molar-refractivity contribution in [1.82, 2.24) is 0 Å². The van der Waals surface area contributed by atoms with E-state index >= 15 is 0 Å². The molecule has 0 bridgehead atoms. The summed E-state index contributed by atoms with van der Waals surface area (Å²) in [6.45, 7) is 0. The SMILES string of the molecule is O.S.[LiH].[LiH]. The molecular weight excluding hydrogens is 61.9 g/mol. The van der Waals surface area contributed by atoms with Crippen molar-refractivity contribution in [3.8, 4) is 0 Å². The minimum atomic E-state index is 0. The molecule has 0 aliphatic rings. The summed E-state index contributed by atoms with van der Waals surface area (Å²) in [4.78, 5) is 0. The molecule has 0 spiro atoms. The predicted octanol–water partition coefficient (Wildman–Crippen LogP) is -2.01. The molecule has 0 heterocycles. The van der Waals surface area contributed by atoms with E-state index < -0.39 is 0 Å². The summed E-state index contributed by atoms with van der Waals surface area (Å²) < 4.78 is 0. The fourth-order valence-corrected chi connectivity index (χ4v) is 0. The van der Waals surface area contributed by atoms with Gasteiger partial charge >= 0.3 is 37.7 Å². The molecule has 0 atom stereocenters. The van der Waals surface area contributed by atoms with Gasteiger partial charge in [-0.25, -0.2) is 0 Å². The van der Waals surface area contributed by atoms with Gasteiger partial charge in [0.15, 0.2) is 0 Å². The van der Waals surface area contributed by atoms with E-state index in [1.807, 2.05) is 0 Å². The van der Waals surface area contributed by atoms with Crippen molar-refractivity contribution >= 4 is 51.2 Å². The van der Waals surface area contributed by atoms with Crippen molar-refractivity contribution in [2.45, 2.75) is 0 Å². The van der Waals surface area contributed by atoms with E-state index in [2.05, 4.69) is 0 Å². The van der Waals surface area contributed by atoms with E-state index in [1.165, 1.54) is 0 Å². The quantitative estimate of drug-likeness (QED) is 0.294. The molecule has 2 N–H and O–H groups in total. The standard InChI is InChI=1S/2Li.H2O.H2S.2H/h;;2*1H2;;. The van der Waals surface area contributed by atoms with Gasteiger partial charge in [-0.1, -0.05) is 0 Å². The van der Waals surface area contributed by atoms with Crippen LogP contribution in [0, 0.1) is 0 Å². The molecule has 0 aromatic rings. The van der Waals surface area contributed by atoms with Crippen LogP contribution in [0.3, 0.4) is 0 Å². The molecule has 0 amide bonds. The Balaban J connectivity index is 0. The van der Waals surface area contributed by atoms with Gasteiger partial charge < -0.3 is 5.48 Å². The van der Waals surface area contributed by atoms with Crippen molar-refractivity contribution in [3.63, 3.8) is 0 Å². The molecule has 0 saturated heterocycles. The molecule has 0 aromatic carbocycles. The Morgan fingerprint density at radius 1 is 0.750 bits per heavy atom. The molecule has 4 heavy (non-hydrogen) atoms. The van der Waals surface area contributed by atoms with Crippen LogP contribution in [0.2, 0.25) is 0 Å². The monoisotopic (exact) mass is 68.0 g/mol. The normalized spacial score (nSPS) is 0. The Bertz CT molecular complexity index is 6.00. The van der Waals surface area contributed by atoms with Crippen LogP contribution < -0.4 is 0 Å². The summed E-state index contributed by atoms with van der Waals surface area (Å²) in [5, 5.41) is 0. The van der Waals surface area contributed by atoms with Crippen molar-refractivity contribution in [2.75, 3.05) is 0 Å². The average molecular weight is 68.0 g/mol. The third-order valence-electron chi connectivity index (χ3n) is 0. The molecule has 0 radical (unpaired) electrons. The van der Waals surface area contributed by atoms with Crippen molar-refractivity contribution < 1.29 is 5.48 Å². The average Bonchev–Trinajstić information content (AvgIpc) is 0. The fourth-order valence-electron chi connectivity index (χ4n) is 0. The molecular formula is H6Li2OS. The van der Waals surface area contributed by atoms with Gasteiger partial charge in [0, 0.05) is 0 Å². The summed E-state index contributed by atoms with van der Waals surface area (Å²) in [6.07, 6.45) is 0. The number of rotatable bonds is 0. The zero-order chi connectivity index (χ0) is 0. The van der Waals surface area contributed by atoms with E-state index in [0.717, 1.165) is 0 Å². The van der Waals surface area contributed by atoms with Gasteiger partial charge in [-0.2, -0.15) is 13.5 Å². The van der Waals surface area contributed by atoms with Gasteiger partial charge in [0.2, 0.25) is 0 Å². The second kappa shape index (κ2) is 24.4. The van der Waals surface area contributed by atoms with Crippen molar-refractivity contribution in [3.05, 3.63) is 0 Å². The maximum absolute atomic E-state index is 0. The Morgan fingerprint density at radius 2 is 0.750 bits per heavy atom. The minimum absolute atomic E-state index is 0. The van der Waals surface area contributed by atoms with E-state index in [1.54, 1.807) is 0 Å². The molecule has 0 aliphatic carbocycles. The van der Waals surface area contributed by atoms with Crippen LogP contribution in [0.25, 0.3) is 0 Å². The maximum atomic E-state index is 0. The number of hydrogen-bond acceptors (Lipinski definition) is 0. The van der Waals surface area contributed by atoms with Crippen molar-refractivity contribution in [2.24, 2.45) is 0 Å². The fraction of sp³-hybridized carbons (Fsp3) is 0. The molecule has 0 saturated carbocycles. The van der Waals surface area contributed by atoms with Crippen LogP contribution in [0.4, 0.5) is 0 Å². The van der Waals surface area contributed by atoms with Crippen LogP contribution in [-0.4, -0.2) is 43.2 Å². The predicted molar refractivity (Wildman–Crippen MR) is 28.3 cm³/mol. The molecule has 0 fully saturated rings. The first-order chi connectivity index (χ1) is 0. The van der Waals surface area contributed by atoms with E-state index in [0.29, 0.717) is 0 Å². The van der Waals surface area contributed by atoms with Gasteiger partial charge in [0.1, 0.15) is 0 Å².